The molecule has 148 valence electrons. The van der Waals surface area contributed by atoms with E-state index < -0.39 is 20.0 Å². The van der Waals surface area contributed by atoms with E-state index in [1.165, 1.54) is 24.2 Å². The maximum Gasteiger partial charge on any atom is 0.283 e. The molecule has 1 aliphatic rings. The summed E-state index contributed by atoms with van der Waals surface area (Å²) in [6, 6.07) is 4.84. The Morgan fingerprint density at radius 1 is 0.852 bits per heavy atom. The molecule has 1 aliphatic heterocycles. The van der Waals surface area contributed by atoms with E-state index in [2.05, 4.69) is 5.10 Å². The number of nitrogens with zero attached hydrogens (tertiary/aromatic N) is 3. The van der Waals surface area contributed by atoms with Crippen LogP contribution in [0.25, 0.3) is 0 Å². The zero-order valence-electron chi connectivity index (χ0n) is 16.1. The van der Waals surface area contributed by atoms with Crippen LogP contribution in [0.5, 0.6) is 0 Å². The molecule has 0 spiro atoms. The number of hydrogen-bond donors (Lipinski definition) is 0. The molecule has 0 unspecified atom stereocenters. The quantitative estimate of drug-likeness (QED) is 0.771. The summed E-state index contributed by atoms with van der Waals surface area (Å²) < 4.78 is 54.6. The number of benzene rings is 1. The first-order valence-corrected chi connectivity index (χ1v) is 11.8. The molecule has 3 rings (SSSR count). The van der Waals surface area contributed by atoms with E-state index in [1.54, 1.807) is 12.1 Å². The number of aromatic nitrogens is 2. The van der Waals surface area contributed by atoms with Crippen molar-refractivity contribution in [1.82, 2.24) is 13.5 Å². The lowest BCUT2D eigenvalue weighted by Crippen LogP contribution is -2.36. The second-order valence-corrected chi connectivity index (χ2v) is 10.7. The standard InChI is InChI=1S/C18H25N3O4S2/c1-13-8-9-17(12-14(13)2)26(22,23)21-16(4)18(15(3)19-21)27(24,25)20-10-6-5-7-11-20/h8-9,12H,5-7,10-11H2,1-4H3. The molecule has 2 heterocycles. The van der Waals surface area contributed by atoms with E-state index in [0.29, 0.717) is 13.1 Å². The van der Waals surface area contributed by atoms with E-state index >= 15 is 0 Å². The average molecular weight is 412 g/mol. The number of hydrogen-bond acceptors (Lipinski definition) is 5. The molecule has 0 aliphatic carbocycles. The van der Waals surface area contributed by atoms with E-state index in [4.69, 9.17) is 0 Å². The maximum atomic E-state index is 13.1. The van der Waals surface area contributed by atoms with Crippen LogP contribution in [0.15, 0.2) is 28.0 Å². The van der Waals surface area contributed by atoms with Crippen molar-refractivity contribution in [3.8, 4) is 0 Å². The molecule has 27 heavy (non-hydrogen) atoms. The van der Waals surface area contributed by atoms with Crippen molar-refractivity contribution in [3.05, 3.63) is 40.7 Å². The van der Waals surface area contributed by atoms with Gasteiger partial charge in [-0.05, 0) is 63.8 Å². The van der Waals surface area contributed by atoms with Gasteiger partial charge in [0.15, 0.2) is 0 Å². The summed E-state index contributed by atoms with van der Waals surface area (Å²) in [6.45, 7) is 7.68. The molecule has 2 aromatic rings. The van der Waals surface area contributed by atoms with E-state index in [-0.39, 0.29) is 21.2 Å². The van der Waals surface area contributed by atoms with Crippen molar-refractivity contribution in [1.29, 1.82) is 0 Å². The number of piperidine rings is 1. The Morgan fingerprint density at radius 2 is 1.48 bits per heavy atom. The van der Waals surface area contributed by atoms with Gasteiger partial charge in [-0.3, -0.25) is 0 Å². The fraction of sp³-hybridized carbons (Fsp3) is 0.500. The van der Waals surface area contributed by atoms with Gasteiger partial charge >= 0.3 is 0 Å². The van der Waals surface area contributed by atoms with Crippen molar-refractivity contribution in [2.75, 3.05) is 13.1 Å². The number of aryl methyl sites for hydroxylation is 3. The molecule has 0 atom stereocenters. The van der Waals surface area contributed by atoms with Crippen molar-refractivity contribution in [2.24, 2.45) is 0 Å². The molecule has 1 aromatic heterocycles. The second kappa shape index (κ2) is 7.03. The largest absolute Gasteiger partial charge is 0.283 e. The molecule has 0 saturated carbocycles. The summed E-state index contributed by atoms with van der Waals surface area (Å²) in [5, 5.41) is 4.09. The Bertz CT molecular complexity index is 1080. The SMILES string of the molecule is Cc1ccc(S(=O)(=O)n2nc(C)c(S(=O)(=O)N3CCCCC3)c2C)cc1C. The average Bonchev–Trinajstić information content (AvgIpc) is 2.93. The fourth-order valence-electron chi connectivity index (χ4n) is 3.42. The summed E-state index contributed by atoms with van der Waals surface area (Å²) in [5.41, 5.74) is 2.15. The Kier molecular flexibility index (Phi) is 5.22. The number of rotatable bonds is 4. The highest BCUT2D eigenvalue weighted by atomic mass is 32.2. The fourth-order valence-corrected chi connectivity index (χ4v) is 6.80. The molecular formula is C18H25N3O4S2. The molecule has 1 saturated heterocycles. The van der Waals surface area contributed by atoms with Crippen molar-refractivity contribution >= 4 is 20.0 Å². The topological polar surface area (TPSA) is 89.3 Å². The normalized spacial score (nSPS) is 16.6. The maximum absolute atomic E-state index is 13.1. The van der Waals surface area contributed by atoms with Gasteiger partial charge < -0.3 is 0 Å². The van der Waals surface area contributed by atoms with E-state index in [0.717, 1.165) is 34.5 Å². The Balaban J connectivity index is 2.11. The van der Waals surface area contributed by atoms with Crippen LogP contribution >= 0.6 is 0 Å². The molecule has 0 amide bonds. The molecular weight excluding hydrogens is 386 g/mol. The van der Waals surface area contributed by atoms with Crippen LogP contribution in [0.4, 0.5) is 0 Å². The molecule has 0 bridgehead atoms. The second-order valence-electron chi connectivity index (χ2n) is 7.06. The lowest BCUT2D eigenvalue weighted by atomic mass is 10.1. The highest BCUT2D eigenvalue weighted by Crippen LogP contribution is 2.28. The zero-order chi connectivity index (χ0) is 20.0. The minimum atomic E-state index is -3.98. The van der Waals surface area contributed by atoms with Gasteiger partial charge in [-0.25, -0.2) is 8.42 Å². The van der Waals surface area contributed by atoms with Gasteiger partial charge in [0.1, 0.15) is 4.90 Å². The van der Waals surface area contributed by atoms with Crippen LogP contribution in [0.2, 0.25) is 0 Å². The summed E-state index contributed by atoms with van der Waals surface area (Å²) >= 11 is 0. The molecule has 0 radical (unpaired) electrons. The van der Waals surface area contributed by atoms with Crippen LogP contribution in [0, 0.1) is 27.7 Å². The Morgan fingerprint density at radius 3 is 2.07 bits per heavy atom. The van der Waals surface area contributed by atoms with Crippen LogP contribution in [0.1, 0.15) is 41.8 Å². The summed E-state index contributed by atoms with van der Waals surface area (Å²) in [7, 11) is -7.75. The monoisotopic (exact) mass is 411 g/mol. The van der Waals surface area contributed by atoms with Crippen molar-refractivity contribution < 1.29 is 16.8 Å². The van der Waals surface area contributed by atoms with Gasteiger partial charge in [0.2, 0.25) is 10.0 Å². The lowest BCUT2D eigenvalue weighted by Gasteiger charge is -2.25. The smallest absolute Gasteiger partial charge is 0.207 e. The zero-order valence-corrected chi connectivity index (χ0v) is 17.7. The van der Waals surface area contributed by atoms with Gasteiger partial charge in [0.25, 0.3) is 10.0 Å². The molecule has 1 fully saturated rings. The molecule has 1 aromatic carbocycles. The minimum absolute atomic E-state index is 0.00295. The highest BCUT2D eigenvalue weighted by Gasteiger charge is 2.34. The van der Waals surface area contributed by atoms with Gasteiger partial charge in [-0.15, -0.1) is 0 Å². The van der Waals surface area contributed by atoms with Gasteiger partial charge in [0.05, 0.1) is 16.3 Å². The number of sulfonamides is 1. The third kappa shape index (κ3) is 3.43. The van der Waals surface area contributed by atoms with Crippen molar-refractivity contribution in [3.63, 3.8) is 0 Å². The van der Waals surface area contributed by atoms with E-state index in [1.807, 2.05) is 13.8 Å². The first-order valence-electron chi connectivity index (χ1n) is 8.96. The van der Waals surface area contributed by atoms with Gasteiger partial charge in [0, 0.05) is 13.1 Å². The first-order chi connectivity index (χ1) is 12.6. The van der Waals surface area contributed by atoms with E-state index in [9.17, 15) is 16.8 Å². The summed E-state index contributed by atoms with van der Waals surface area (Å²) in [6.07, 6.45) is 2.63. The molecule has 9 heteroatoms. The summed E-state index contributed by atoms with van der Waals surface area (Å²) in [5.74, 6) is 0. The predicted octanol–water partition coefficient (Wildman–Crippen LogP) is 2.53. The van der Waals surface area contributed by atoms with Crippen molar-refractivity contribution in [2.45, 2.75) is 56.7 Å². The predicted molar refractivity (Wildman–Crippen MR) is 103 cm³/mol. The third-order valence-corrected chi connectivity index (χ3v) is 8.91. The Labute approximate surface area is 161 Å². The van der Waals surface area contributed by atoms with Crippen LogP contribution < -0.4 is 0 Å². The van der Waals surface area contributed by atoms with Gasteiger partial charge in [-0.1, -0.05) is 12.5 Å². The van der Waals surface area contributed by atoms with Crippen LogP contribution in [-0.2, 0) is 20.0 Å². The minimum Gasteiger partial charge on any atom is -0.207 e. The van der Waals surface area contributed by atoms with Gasteiger partial charge in [-0.2, -0.15) is 21.9 Å². The third-order valence-electron chi connectivity index (χ3n) is 5.10. The summed E-state index contributed by atoms with van der Waals surface area (Å²) in [4.78, 5) is 0.0925. The first kappa shape index (κ1) is 20.0. The molecule has 7 nitrogen and oxygen atoms in total. The highest BCUT2D eigenvalue weighted by molar-refractivity contribution is 7.90. The Hall–Kier alpha value is -1.71. The van der Waals surface area contributed by atoms with Crippen LogP contribution in [0.3, 0.4) is 0 Å². The van der Waals surface area contributed by atoms with Crippen LogP contribution in [-0.4, -0.2) is 43.4 Å². The lowest BCUT2D eigenvalue weighted by molar-refractivity contribution is 0.346. The molecule has 0 N–H and O–H groups in total.